The highest BCUT2D eigenvalue weighted by molar-refractivity contribution is 7.89. The molecular weight excluding hydrogens is 314 g/mol. The van der Waals surface area contributed by atoms with E-state index in [1.165, 1.54) is 31.0 Å². The van der Waals surface area contributed by atoms with Crippen LogP contribution in [0.4, 0.5) is 0 Å². The van der Waals surface area contributed by atoms with Crippen LogP contribution in [0.1, 0.15) is 37.7 Å². The maximum Gasteiger partial charge on any atom is 0.240 e. The first-order valence-electron chi connectivity index (χ1n) is 7.78. The summed E-state index contributed by atoms with van der Waals surface area (Å²) in [5.41, 5.74) is 0.290. The van der Waals surface area contributed by atoms with Crippen molar-refractivity contribution in [2.24, 2.45) is 5.92 Å². The molecule has 0 radical (unpaired) electrons. The van der Waals surface area contributed by atoms with Crippen LogP contribution in [-0.2, 0) is 14.8 Å². The molecule has 1 aromatic carbocycles. The maximum absolute atomic E-state index is 12.1. The smallest absolute Gasteiger partial charge is 0.240 e. The van der Waals surface area contributed by atoms with E-state index in [9.17, 15) is 13.2 Å². The fourth-order valence-electron chi connectivity index (χ4n) is 2.75. The predicted octanol–water partition coefficient (Wildman–Crippen LogP) is 1.53. The monoisotopic (exact) mass is 335 g/mol. The predicted molar refractivity (Wildman–Crippen MR) is 85.9 cm³/mol. The number of benzene rings is 1. The summed E-state index contributed by atoms with van der Waals surface area (Å²) in [6.07, 6.45) is 5.13. The van der Waals surface area contributed by atoms with Crippen LogP contribution in [0.15, 0.2) is 29.2 Å². The number of hydrogen-bond donors (Lipinski definition) is 2. The van der Waals surface area contributed by atoms with E-state index in [1.807, 2.05) is 6.07 Å². The Morgan fingerprint density at radius 1 is 1.26 bits per heavy atom. The molecule has 7 heteroatoms. The SMILES string of the molecule is N#Cc1cccc(S(=O)(=O)NCCNC(=O)CC2CCCC2)c1. The van der Waals surface area contributed by atoms with Gasteiger partial charge in [0.25, 0.3) is 0 Å². The number of nitriles is 1. The molecule has 1 amide bonds. The van der Waals surface area contributed by atoms with Crippen molar-refractivity contribution in [1.29, 1.82) is 5.26 Å². The van der Waals surface area contributed by atoms with E-state index in [0.29, 0.717) is 12.3 Å². The van der Waals surface area contributed by atoms with Gasteiger partial charge in [-0.05, 0) is 37.0 Å². The normalized spacial score (nSPS) is 15.3. The largest absolute Gasteiger partial charge is 0.355 e. The number of hydrogen-bond acceptors (Lipinski definition) is 4. The third-order valence-corrected chi connectivity index (χ3v) is 5.42. The molecule has 1 fully saturated rings. The molecule has 1 saturated carbocycles. The molecule has 0 unspecified atom stereocenters. The van der Waals surface area contributed by atoms with Crippen LogP contribution in [0.2, 0.25) is 0 Å². The summed E-state index contributed by atoms with van der Waals surface area (Å²) in [6.45, 7) is 0.373. The van der Waals surface area contributed by atoms with Crippen LogP contribution in [-0.4, -0.2) is 27.4 Å². The minimum atomic E-state index is -3.67. The highest BCUT2D eigenvalue weighted by Gasteiger charge is 2.18. The third kappa shape index (κ3) is 5.34. The first kappa shape index (κ1) is 17.4. The van der Waals surface area contributed by atoms with E-state index in [-0.39, 0.29) is 29.5 Å². The molecule has 1 aromatic rings. The lowest BCUT2D eigenvalue weighted by Gasteiger charge is -2.10. The molecule has 0 aromatic heterocycles. The number of carbonyl (C=O) groups is 1. The Bertz CT molecular complexity index is 689. The minimum absolute atomic E-state index is 0.0254. The van der Waals surface area contributed by atoms with Crippen molar-refractivity contribution in [2.45, 2.75) is 37.0 Å². The fourth-order valence-corrected chi connectivity index (χ4v) is 3.83. The lowest BCUT2D eigenvalue weighted by atomic mass is 10.0. The summed E-state index contributed by atoms with van der Waals surface area (Å²) in [5, 5.41) is 11.5. The molecule has 2 N–H and O–H groups in total. The lowest BCUT2D eigenvalue weighted by molar-refractivity contribution is -0.121. The van der Waals surface area contributed by atoms with Crippen LogP contribution in [0.3, 0.4) is 0 Å². The van der Waals surface area contributed by atoms with E-state index in [2.05, 4.69) is 10.0 Å². The Balaban J connectivity index is 1.76. The first-order chi connectivity index (χ1) is 11.0. The van der Waals surface area contributed by atoms with Gasteiger partial charge >= 0.3 is 0 Å². The maximum atomic E-state index is 12.1. The topological polar surface area (TPSA) is 99.1 Å². The summed E-state index contributed by atoms with van der Waals surface area (Å²) in [7, 11) is -3.67. The summed E-state index contributed by atoms with van der Waals surface area (Å²) in [6, 6.07) is 7.73. The Kier molecular flexibility index (Phi) is 6.13. The van der Waals surface area contributed by atoms with Crippen molar-refractivity contribution < 1.29 is 13.2 Å². The second-order valence-corrected chi connectivity index (χ2v) is 7.51. The number of rotatable bonds is 7. The van der Waals surface area contributed by atoms with Gasteiger partial charge in [-0.3, -0.25) is 4.79 Å². The van der Waals surface area contributed by atoms with E-state index in [1.54, 1.807) is 6.07 Å². The van der Waals surface area contributed by atoms with Crippen molar-refractivity contribution in [3.8, 4) is 6.07 Å². The second-order valence-electron chi connectivity index (χ2n) is 5.74. The number of nitrogens with zero attached hydrogens (tertiary/aromatic N) is 1. The van der Waals surface area contributed by atoms with E-state index < -0.39 is 10.0 Å². The Labute approximate surface area is 136 Å². The average molecular weight is 335 g/mol. The van der Waals surface area contributed by atoms with Crippen LogP contribution in [0.25, 0.3) is 0 Å². The van der Waals surface area contributed by atoms with Gasteiger partial charge in [-0.15, -0.1) is 0 Å². The van der Waals surface area contributed by atoms with Gasteiger partial charge in [0.05, 0.1) is 16.5 Å². The second kappa shape index (κ2) is 8.09. The molecule has 6 nitrogen and oxygen atoms in total. The minimum Gasteiger partial charge on any atom is -0.355 e. The van der Waals surface area contributed by atoms with Gasteiger partial charge in [0.2, 0.25) is 15.9 Å². The summed E-state index contributed by atoms with van der Waals surface area (Å²) < 4.78 is 26.6. The van der Waals surface area contributed by atoms with Crippen molar-refractivity contribution in [3.63, 3.8) is 0 Å². The number of carbonyl (C=O) groups excluding carboxylic acids is 1. The van der Waals surface area contributed by atoms with Crippen LogP contribution >= 0.6 is 0 Å². The summed E-state index contributed by atoms with van der Waals surface area (Å²) in [5.74, 6) is 0.447. The number of sulfonamides is 1. The molecule has 0 saturated heterocycles. The van der Waals surface area contributed by atoms with Crippen LogP contribution in [0.5, 0.6) is 0 Å². The van der Waals surface area contributed by atoms with E-state index >= 15 is 0 Å². The molecule has 23 heavy (non-hydrogen) atoms. The van der Waals surface area contributed by atoms with Crippen LogP contribution < -0.4 is 10.0 Å². The first-order valence-corrected chi connectivity index (χ1v) is 9.26. The van der Waals surface area contributed by atoms with Gasteiger partial charge < -0.3 is 5.32 Å². The Morgan fingerprint density at radius 2 is 2.00 bits per heavy atom. The van der Waals surface area contributed by atoms with E-state index in [4.69, 9.17) is 5.26 Å². The molecule has 2 rings (SSSR count). The zero-order valence-corrected chi connectivity index (χ0v) is 13.7. The molecule has 0 aliphatic heterocycles. The van der Waals surface area contributed by atoms with Gasteiger partial charge in [0.15, 0.2) is 0 Å². The van der Waals surface area contributed by atoms with Gasteiger partial charge in [0.1, 0.15) is 0 Å². The standard InChI is InChI=1S/C16H21N3O3S/c17-12-14-6-3-7-15(10-14)23(21,22)19-9-8-18-16(20)11-13-4-1-2-5-13/h3,6-7,10,13,19H,1-2,4-5,8-9,11H2,(H,18,20). The zero-order chi connectivity index (χ0) is 16.7. The van der Waals surface area contributed by atoms with Gasteiger partial charge in [-0.2, -0.15) is 5.26 Å². The zero-order valence-electron chi connectivity index (χ0n) is 12.9. The Hall–Kier alpha value is -1.91. The number of nitrogens with one attached hydrogen (secondary N) is 2. The van der Waals surface area contributed by atoms with Crippen molar-refractivity contribution in [1.82, 2.24) is 10.0 Å². The van der Waals surface area contributed by atoms with E-state index in [0.717, 1.165) is 12.8 Å². The molecule has 1 aliphatic rings. The molecule has 0 spiro atoms. The highest BCUT2D eigenvalue weighted by atomic mass is 32.2. The number of amides is 1. The molecular formula is C16H21N3O3S. The lowest BCUT2D eigenvalue weighted by Crippen LogP contribution is -2.35. The molecule has 0 bridgehead atoms. The molecule has 124 valence electrons. The summed E-state index contributed by atoms with van der Waals surface area (Å²) in [4.78, 5) is 11.8. The quantitative estimate of drug-likeness (QED) is 0.738. The summed E-state index contributed by atoms with van der Waals surface area (Å²) >= 11 is 0. The van der Waals surface area contributed by atoms with Crippen molar-refractivity contribution in [3.05, 3.63) is 29.8 Å². The third-order valence-electron chi connectivity index (χ3n) is 3.96. The van der Waals surface area contributed by atoms with Crippen LogP contribution in [0, 0.1) is 17.2 Å². The fraction of sp³-hybridized carbons (Fsp3) is 0.500. The van der Waals surface area contributed by atoms with Crippen molar-refractivity contribution >= 4 is 15.9 Å². The molecule has 0 heterocycles. The molecule has 1 aliphatic carbocycles. The highest BCUT2D eigenvalue weighted by Crippen LogP contribution is 2.27. The van der Waals surface area contributed by atoms with Gasteiger partial charge in [-0.1, -0.05) is 18.9 Å². The average Bonchev–Trinajstić information content (AvgIpc) is 3.04. The van der Waals surface area contributed by atoms with Gasteiger partial charge in [-0.25, -0.2) is 13.1 Å². The Morgan fingerprint density at radius 3 is 2.70 bits per heavy atom. The van der Waals surface area contributed by atoms with Gasteiger partial charge in [0, 0.05) is 19.5 Å². The molecule has 0 atom stereocenters. The van der Waals surface area contributed by atoms with Crippen molar-refractivity contribution in [2.75, 3.05) is 13.1 Å².